The second-order valence-corrected chi connectivity index (χ2v) is 43.1. The van der Waals surface area contributed by atoms with Crippen molar-refractivity contribution in [1.82, 2.24) is 7.71 Å². The van der Waals surface area contributed by atoms with E-state index in [0.29, 0.717) is 0 Å². The molecule has 0 amide bonds. The molecule has 0 radical (unpaired) electrons. The van der Waals surface area contributed by atoms with Gasteiger partial charge in [0.25, 0.3) is 0 Å². The van der Waals surface area contributed by atoms with Gasteiger partial charge >= 0.3 is 244 Å². The normalized spacial score (nSPS) is 27.1. The molecule has 0 aromatic heterocycles. The van der Waals surface area contributed by atoms with Gasteiger partial charge in [-0.15, -0.1) is 0 Å². The van der Waals surface area contributed by atoms with Crippen molar-refractivity contribution in [1.29, 1.82) is 0 Å². The molecule has 0 N–H and O–H groups in total. The van der Waals surface area contributed by atoms with Crippen LogP contribution in [0.25, 0.3) is 0 Å². The van der Waals surface area contributed by atoms with E-state index < -0.39 is 40.2 Å². The molecule has 2 nitrogen and oxygen atoms in total. The molecule has 2 aliphatic heterocycles. The first kappa shape index (κ1) is 34.2. The average Bonchev–Trinajstić information content (AvgIpc) is 2.90. The van der Waals surface area contributed by atoms with Crippen LogP contribution in [0, 0.1) is 11.8 Å². The zero-order valence-corrected chi connectivity index (χ0v) is 32.9. The summed E-state index contributed by atoms with van der Waals surface area (Å²) in [4.78, 5) is 5.73. The molecule has 216 valence electrons. The molecule has 0 saturated carbocycles. The fourth-order valence-electron chi connectivity index (χ4n) is 7.99. The predicted molar refractivity (Wildman–Crippen MR) is 177 cm³/mol. The Morgan fingerprint density at radius 1 is 0.622 bits per heavy atom. The monoisotopic (exact) mass is 700 g/mol. The van der Waals surface area contributed by atoms with Gasteiger partial charge in [0.05, 0.1) is 0 Å². The molecule has 2 heterocycles. The maximum atomic E-state index is 3.18. The fraction of sp³-hybridized carbons (Fsp3) is 0.875. The Bertz CT molecular complexity index is 626. The molecule has 2 unspecified atom stereocenters. The van der Waals surface area contributed by atoms with E-state index in [1.54, 1.807) is 10.5 Å². The van der Waals surface area contributed by atoms with Gasteiger partial charge in [-0.25, -0.2) is 0 Å². The molecule has 37 heavy (non-hydrogen) atoms. The Kier molecular flexibility index (Phi) is 15.8. The zero-order chi connectivity index (χ0) is 27.4. The van der Waals surface area contributed by atoms with Gasteiger partial charge in [0.1, 0.15) is 0 Å². The molecule has 0 aromatic rings. The van der Waals surface area contributed by atoms with Crippen molar-refractivity contribution in [3.8, 4) is 0 Å². The second kappa shape index (κ2) is 17.1. The van der Waals surface area contributed by atoms with E-state index in [2.05, 4.69) is 85.1 Å². The van der Waals surface area contributed by atoms with Gasteiger partial charge in [0, 0.05) is 0 Å². The van der Waals surface area contributed by atoms with Crippen LogP contribution in [0.5, 0.6) is 0 Å². The third-order valence-electron chi connectivity index (χ3n) is 11.0. The van der Waals surface area contributed by atoms with E-state index in [9.17, 15) is 0 Å². The fourth-order valence-corrected chi connectivity index (χ4v) is 33.8. The first-order valence-corrected chi connectivity index (χ1v) is 32.9. The summed E-state index contributed by atoms with van der Waals surface area (Å²) in [6, 6.07) is 0. The minimum atomic E-state index is -2.42. The van der Waals surface area contributed by atoms with Crippen LogP contribution in [0.4, 0.5) is 0 Å². The number of nitrogens with zero attached hydrogens (tertiary/aromatic N) is 2. The third-order valence-corrected chi connectivity index (χ3v) is 43.8. The predicted octanol–water partition coefficient (Wildman–Crippen LogP) is 9.88. The molecular weight excluding hydrogens is 630 g/mol. The molecular formula is C32H66Ge3N2. The van der Waals surface area contributed by atoms with Crippen molar-refractivity contribution >= 4 is 40.2 Å². The van der Waals surface area contributed by atoms with E-state index in [0.717, 1.165) is 11.8 Å². The van der Waals surface area contributed by atoms with Crippen LogP contribution in [-0.2, 0) is 0 Å². The molecule has 0 aromatic carbocycles. The van der Waals surface area contributed by atoms with Gasteiger partial charge in [-0.2, -0.15) is 0 Å². The summed E-state index contributed by atoms with van der Waals surface area (Å²) >= 11 is -6.08. The van der Waals surface area contributed by atoms with Crippen molar-refractivity contribution in [2.24, 2.45) is 11.8 Å². The third kappa shape index (κ3) is 9.01. The van der Waals surface area contributed by atoms with Crippen molar-refractivity contribution in [2.75, 3.05) is 26.2 Å². The Labute approximate surface area is 242 Å². The molecule has 2 aliphatic rings. The standard InChI is InChI=1S/C32H66Ge3N2/c1-9-17-21-31-27-33(11-3,12-4)23-19-25-36(29-31)35(15-7,16-8)37-26-20-24-34(13-5,14-6)28-32(30-37)22-18-10-2/h19-20,23-24,31-32H,9-18,21-22,25-30H2,1-8H3/b23-19-,24-20-. The minimum absolute atomic E-state index is 0.942. The molecule has 2 atom stereocenters. The van der Waals surface area contributed by atoms with Crippen molar-refractivity contribution in [3.63, 3.8) is 0 Å². The number of hydrogen-bond donors (Lipinski definition) is 0. The Balaban J connectivity index is 2.45. The van der Waals surface area contributed by atoms with Gasteiger partial charge in [0.2, 0.25) is 0 Å². The van der Waals surface area contributed by atoms with Crippen LogP contribution in [0.2, 0.25) is 42.0 Å². The van der Waals surface area contributed by atoms with E-state index in [-0.39, 0.29) is 0 Å². The number of unbranched alkanes of at least 4 members (excludes halogenated alkanes) is 2. The van der Waals surface area contributed by atoms with Crippen LogP contribution < -0.4 is 0 Å². The summed E-state index contributed by atoms with van der Waals surface area (Å²) in [6.07, 6.45) is 13.9. The summed E-state index contributed by atoms with van der Waals surface area (Å²) in [5.74, 6) is 1.88. The molecule has 5 heteroatoms. The van der Waals surface area contributed by atoms with Gasteiger partial charge in [0.15, 0.2) is 0 Å². The first-order valence-electron chi connectivity index (χ1n) is 16.7. The summed E-state index contributed by atoms with van der Waals surface area (Å²) in [5, 5.41) is 12.0. The van der Waals surface area contributed by atoms with Gasteiger partial charge < -0.3 is 0 Å². The topological polar surface area (TPSA) is 6.48 Å². The van der Waals surface area contributed by atoms with Crippen molar-refractivity contribution in [2.45, 2.75) is 136 Å². The maximum absolute atomic E-state index is 3.18. The van der Waals surface area contributed by atoms with E-state index in [1.807, 2.05) is 0 Å². The molecule has 0 bridgehead atoms. The quantitative estimate of drug-likeness (QED) is 0.167. The second-order valence-electron chi connectivity index (χ2n) is 12.9. The van der Waals surface area contributed by atoms with Crippen LogP contribution in [0.15, 0.2) is 22.0 Å². The Morgan fingerprint density at radius 2 is 1.00 bits per heavy atom. The van der Waals surface area contributed by atoms with Crippen LogP contribution in [0.3, 0.4) is 0 Å². The molecule has 0 fully saturated rings. The first-order chi connectivity index (χ1) is 17.9. The van der Waals surface area contributed by atoms with Gasteiger partial charge in [-0.1, -0.05) is 0 Å². The molecule has 0 aliphatic carbocycles. The average molecular weight is 697 g/mol. The van der Waals surface area contributed by atoms with Crippen LogP contribution in [-0.4, -0.2) is 74.1 Å². The zero-order valence-electron chi connectivity index (χ0n) is 26.6. The molecule has 0 saturated heterocycles. The van der Waals surface area contributed by atoms with Crippen molar-refractivity contribution < 1.29 is 0 Å². The SMILES string of the molecule is CCCCC1C[N]([Ge]([CH2]C)([CH2]C)[N]2C/C=[CH]\[Ge]([CH2]C)([CH2]C)[CH2]C(CCCC)C2)C/C=[CH]\[Ge]([CH2]C)([CH2]C)[CH2]1. The number of hydrogen-bond acceptors (Lipinski definition) is 2. The number of rotatable bonds is 14. The van der Waals surface area contributed by atoms with Crippen LogP contribution in [0.1, 0.15) is 93.9 Å². The summed E-state index contributed by atoms with van der Waals surface area (Å²) < 4.78 is 6.35. The molecule has 0 spiro atoms. The molecule has 2 rings (SSSR count). The summed E-state index contributed by atoms with van der Waals surface area (Å²) in [5.41, 5.74) is 0. The van der Waals surface area contributed by atoms with Crippen molar-refractivity contribution in [3.05, 3.63) is 22.0 Å². The Morgan fingerprint density at radius 3 is 1.30 bits per heavy atom. The summed E-state index contributed by atoms with van der Waals surface area (Å²) in [7, 11) is 0. The van der Waals surface area contributed by atoms with E-state index >= 15 is 0 Å². The van der Waals surface area contributed by atoms with Crippen LogP contribution >= 0.6 is 0 Å². The van der Waals surface area contributed by atoms with Gasteiger partial charge in [-0.3, -0.25) is 0 Å². The van der Waals surface area contributed by atoms with E-state index in [1.165, 1.54) is 96.2 Å². The van der Waals surface area contributed by atoms with Gasteiger partial charge in [-0.05, 0) is 0 Å². The Hall–Kier alpha value is 1.03. The van der Waals surface area contributed by atoms with E-state index in [4.69, 9.17) is 0 Å². The summed E-state index contributed by atoms with van der Waals surface area (Å²) in [6.45, 7) is 25.3.